The minimum absolute atomic E-state index is 0.201. The van der Waals surface area contributed by atoms with Crippen LogP contribution in [0.1, 0.15) is 34.6 Å². The van der Waals surface area contributed by atoms with Crippen LogP contribution in [0.3, 0.4) is 0 Å². The van der Waals surface area contributed by atoms with Crippen LogP contribution in [0.4, 0.5) is 0 Å². The third kappa shape index (κ3) is 2.19. The van der Waals surface area contributed by atoms with Crippen LogP contribution in [0.15, 0.2) is 77.5 Å². The highest BCUT2D eigenvalue weighted by Crippen LogP contribution is 2.42. The molecule has 0 spiro atoms. The van der Waals surface area contributed by atoms with Crippen molar-refractivity contribution in [2.24, 2.45) is 16.0 Å². The highest BCUT2D eigenvalue weighted by molar-refractivity contribution is 6.20. The molecule has 0 saturated heterocycles. The Hall–Kier alpha value is -2.94. The van der Waals surface area contributed by atoms with E-state index in [2.05, 4.69) is 71.6 Å². The van der Waals surface area contributed by atoms with Crippen molar-refractivity contribution in [3.63, 3.8) is 0 Å². The van der Waals surface area contributed by atoms with Crippen LogP contribution in [0.2, 0.25) is 0 Å². The van der Waals surface area contributed by atoms with E-state index in [-0.39, 0.29) is 5.92 Å². The molecule has 3 nitrogen and oxygen atoms in total. The monoisotopic (exact) mass is 325 g/mol. The Bertz CT molecular complexity index is 950. The van der Waals surface area contributed by atoms with Crippen LogP contribution in [-0.2, 0) is 6.42 Å². The van der Waals surface area contributed by atoms with Crippen LogP contribution in [0.5, 0.6) is 0 Å². The summed E-state index contributed by atoms with van der Waals surface area (Å²) in [5.41, 5.74) is 11.5. The first kappa shape index (κ1) is 14.4. The van der Waals surface area contributed by atoms with Gasteiger partial charge >= 0.3 is 0 Å². The largest absolute Gasteiger partial charge is 0.278 e. The lowest BCUT2D eigenvalue weighted by Crippen LogP contribution is -2.39. The van der Waals surface area contributed by atoms with E-state index in [0.717, 1.165) is 24.3 Å². The number of nitrogens with zero attached hydrogens (tertiary/aromatic N) is 2. The number of benzene rings is 2. The van der Waals surface area contributed by atoms with E-state index < -0.39 is 0 Å². The highest BCUT2D eigenvalue weighted by atomic mass is 15.3. The summed E-state index contributed by atoms with van der Waals surface area (Å²) in [6, 6.07) is 17.3. The first-order valence-corrected chi connectivity index (χ1v) is 8.74. The number of allylic oxidation sites excluding steroid dienone is 1. The summed E-state index contributed by atoms with van der Waals surface area (Å²) in [6.45, 7) is 4.13. The van der Waals surface area contributed by atoms with Crippen molar-refractivity contribution in [1.29, 1.82) is 0 Å². The molecule has 0 fully saturated rings. The second-order valence-electron chi connectivity index (χ2n) is 6.84. The second kappa shape index (κ2) is 5.55. The normalized spacial score (nSPS) is 23.6. The standard InChI is InChI=1S/C22H19N3/c1-14-17-10-5-9-16-13-18(15-7-3-2-4-8-15)21(19-11-6-12-23-19)22(20(16)17)25-24-14/h2-10,12,18,21,24H,1,11,13H2. The molecule has 2 aliphatic heterocycles. The third-order valence-corrected chi connectivity index (χ3v) is 5.44. The van der Waals surface area contributed by atoms with Gasteiger partial charge in [-0.05, 0) is 17.5 Å². The summed E-state index contributed by atoms with van der Waals surface area (Å²) in [6.07, 6.45) is 5.97. The van der Waals surface area contributed by atoms with Gasteiger partial charge in [0.05, 0.1) is 11.4 Å². The molecule has 2 aromatic rings. The molecule has 0 radical (unpaired) electrons. The number of hydrogen-bond donors (Lipinski definition) is 1. The van der Waals surface area contributed by atoms with Gasteiger partial charge < -0.3 is 0 Å². The lowest BCUT2D eigenvalue weighted by molar-refractivity contribution is 0.613. The molecule has 3 heteroatoms. The second-order valence-corrected chi connectivity index (χ2v) is 6.84. The van der Waals surface area contributed by atoms with E-state index >= 15 is 0 Å². The number of hydrogen-bond acceptors (Lipinski definition) is 3. The van der Waals surface area contributed by atoms with Crippen LogP contribution >= 0.6 is 0 Å². The Kier molecular flexibility index (Phi) is 3.20. The SMILES string of the molecule is C=C1NN=C2c3c(cccc31)CC(c1ccccc1)C2C1=NC=CC1. The first-order chi connectivity index (χ1) is 12.3. The third-order valence-electron chi connectivity index (χ3n) is 5.44. The Morgan fingerprint density at radius 2 is 1.92 bits per heavy atom. The van der Waals surface area contributed by atoms with Crippen molar-refractivity contribution in [3.8, 4) is 0 Å². The molecule has 122 valence electrons. The van der Waals surface area contributed by atoms with Gasteiger partial charge in [0.1, 0.15) is 0 Å². The van der Waals surface area contributed by atoms with Crippen molar-refractivity contribution in [1.82, 2.24) is 5.43 Å². The van der Waals surface area contributed by atoms with Gasteiger partial charge in [0.15, 0.2) is 0 Å². The van der Waals surface area contributed by atoms with Gasteiger partial charge in [0.2, 0.25) is 0 Å². The molecule has 2 heterocycles. The molecule has 2 unspecified atom stereocenters. The predicted octanol–water partition coefficient (Wildman–Crippen LogP) is 4.28. The minimum atomic E-state index is 0.201. The molecular formula is C22H19N3. The van der Waals surface area contributed by atoms with Crippen molar-refractivity contribution < 1.29 is 0 Å². The summed E-state index contributed by atoms with van der Waals surface area (Å²) in [5, 5.41) is 4.74. The number of rotatable bonds is 2. The van der Waals surface area contributed by atoms with Gasteiger partial charge in [0.25, 0.3) is 0 Å². The van der Waals surface area contributed by atoms with E-state index in [4.69, 9.17) is 5.10 Å². The predicted molar refractivity (Wildman–Crippen MR) is 103 cm³/mol. The number of nitrogens with one attached hydrogen (secondary N) is 1. The van der Waals surface area contributed by atoms with E-state index in [9.17, 15) is 0 Å². The van der Waals surface area contributed by atoms with Gasteiger partial charge in [-0.3, -0.25) is 10.4 Å². The number of hydrazone groups is 1. The maximum atomic E-state index is 4.74. The quantitative estimate of drug-likeness (QED) is 0.879. The summed E-state index contributed by atoms with van der Waals surface area (Å²) >= 11 is 0. The van der Waals surface area contributed by atoms with Crippen molar-refractivity contribution in [3.05, 3.63) is 89.6 Å². The zero-order valence-electron chi connectivity index (χ0n) is 13.9. The van der Waals surface area contributed by atoms with Gasteiger partial charge in [0, 0.05) is 41.3 Å². The lowest BCUT2D eigenvalue weighted by atomic mass is 9.68. The molecule has 5 rings (SSSR count). The summed E-state index contributed by atoms with van der Waals surface area (Å²) < 4.78 is 0. The molecule has 1 aliphatic carbocycles. The summed E-state index contributed by atoms with van der Waals surface area (Å²) in [7, 11) is 0. The smallest absolute Gasteiger partial charge is 0.0782 e. The summed E-state index contributed by atoms with van der Waals surface area (Å²) in [5.74, 6) is 0.557. The average Bonchev–Trinajstić information content (AvgIpc) is 3.19. The summed E-state index contributed by atoms with van der Waals surface area (Å²) in [4.78, 5) is 4.68. The molecule has 1 N–H and O–H groups in total. The molecule has 2 atom stereocenters. The van der Waals surface area contributed by atoms with Crippen molar-refractivity contribution in [2.75, 3.05) is 0 Å². The lowest BCUT2D eigenvalue weighted by Gasteiger charge is -2.37. The van der Waals surface area contributed by atoms with E-state index in [1.54, 1.807) is 0 Å². The fourth-order valence-corrected chi connectivity index (χ4v) is 4.32. The average molecular weight is 325 g/mol. The molecule has 3 aliphatic rings. The molecule has 0 amide bonds. The molecule has 0 aromatic heterocycles. The number of aliphatic imine (C=N–C) groups is 1. The van der Waals surface area contributed by atoms with Gasteiger partial charge in [-0.15, -0.1) is 0 Å². The maximum absolute atomic E-state index is 4.74. The highest BCUT2D eigenvalue weighted by Gasteiger charge is 2.40. The molecular weight excluding hydrogens is 306 g/mol. The van der Waals surface area contributed by atoms with Gasteiger partial charge in [-0.2, -0.15) is 5.10 Å². The first-order valence-electron chi connectivity index (χ1n) is 8.74. The van der Waals surface area contributed by atoms with E-state index in [1.165, 1.54) is 28.0 Å². The van der Waals surface area contributed by atoms with Crippen LogP contribution in [-0.4, -0.2) is 11.4 Å². The van der Waals surface area contributed by atoms with Gasteiger partial charge in [-0.25, -0.2) is 0 Å². The van der Waals surface area contributed by atoms with Crippen LogP contribution in [0.25, 0.3) is 5.70 Å². The molecule has 0 bridgehead atoms. The van der Waals surface area contributed by atoms with Crippen LogP contribution in [0, 0.1) is 5.92 Å². The zero-order valence-corrected chi connectivity index (χ0v) is 13.9. The van der Waals surface area contributed by atoms with E-state index in [0.29, 0.717) is 5.92 Å². The Morgan fingerprint density at radius 3 is 2.72 bits per heavy atom. The van der Waals surface area contributed by atoms with Gasteiger partial charge in [-0.1, -0.05) is 61.2 Å². The van der Waals surface area contributed by atoms with Crippen molar-refractivity contribution >= 4 is 17.1 Å². The topological polar surface area (TPSA) is 36.8 Å². The Morgan fingerprint density at radius 1 is 1.04 bits per heavy atom. The Balaban J connectivity index is 1.72. The Labute approximate surface area is 147 Å². The molecule has 0 saturated carbocycles. The van der Waals surface area contributed by atoms with Crippen molar-refractivity contribution in [2.45, 2.75) is 18.8 Å². The maximum Gasteiger partial charge on any atom is 0.0782 e. The molecule has 25 heavy (non-hydrogen) atoms. The van der Waals surface area contributed by atoms with Crippen LogP contribution < -0.4 is 5.43 Å². The van der Waals surface area contributed by atoms with E-state index in [1.807, 2.05) is 6.20 Å². The zero-order chi connectivity index (χ0) is 16.8. The fraction of sp³-hybridized carbons (Fsp3) is 0.182. The fourth-order valence-electron chi connectivity index (χ4n) is 4.32. The molecule has 2 aromatic carbocycles. The minimum Gasteiger partial charge on any atom is -0.278 e.